The van der Waals surface area contributed by atoms with E-state index in [1.807, 2.05) is 30.5 Å². The van der Waals surface area contributed by atoms with Crippen LogP contribution in [0.15, 0.2) is 35.7 Å². The Balaban J connectivity index is 1.69. The zero-order chi connectivity index (χ0) is 20.3. The largest absolute Gasteiger partial charge is 0.495 e. The molecular weight excluding hydrogens is 396 g/mol. The van der Waals surface area contributed by atoms with Gasteiger partial charge >= 0.3 is 5.97 Å². The number of thiazole rings is 1. The van der Waals surface area contributed by atoms with E-state index in [1.165, 1.54) is 25.4 Å². The topological polar surface area (TPSA) is 77.5 Å². The summed E-state index contributed by atoms with van der Waals surface area (Å²) >= 11 is 2.82. The standard InChI is InChI=1S/C20H20N2O4S2/c1-11-7-8-15(25-4)14(10-11)22-18(23)13(3)26-20(24)17-12(2)21-19(28-17)16-6-5-9-27-16/h5-10,13H,1-4H3,(H,22,23). The smallest absolute Gasteiger partial charge is 0.351 e. The number of carbonyl (C=O) groups is 2. The molecule has 0 aliphatic heterocycles. The van der Waals surface area contributed by atoms with E-state index in [2.05, 4.69) is 10.3 Å². The summed E-state index contributed by atoms with van der Waals surface area (Å²) in [5.74, 6) is -0.453. The predicted octanol–water partition coefficient (Wildman–Crippen LogP) is 4.68. The number of aromatic nitrogens is 1. The van der Waals surface area contributed by atoms with Crippen LogP contribution < -0.4 is 10.1 Å². The van der Waals surface area contributed by atoms with E-state index in [-0.39, 0.29) is 0 Å². The Labute approximate surface area is 171 Å². The number of benzene rings is 1. The lowest BCUT2D eigenvalue weighted by molar-refractivity contribution is -0.123. The van der Waals surface area contributed by atoms with Crippen molar-refractivity contribution >= 4 is 40.2 Å². The molecule has 0 aliphatic rings. The lowest BCUT2D eigenvalue weighted by atomic mass is 10.2. The van der Waals surface area contributed by atoms with Crippen molar-refractivity contribution in [2.45, 2.75) is 26.9 Å². The Morgan fingerprint density at radius 3 is 2.68 bits per heavy atom. The van der Waals surface area contributed by atoms with Crippen LogP contribution in [0.25, 0.3) is 9.88 Å². The van der Waals surface area contributed by atoms with Crippen molar-refractivity contribution in [2.75, 3.05) is 12.4 Å². The number of anilines is 1. The third kappa shape index (κ3) is 4.40. The molecule has 6 nitrogen and oxygen atoms in total. The number of esters is 1. The minimum atomic E-state index is -0.968. The molecular formula is C20H20N2O4S2. The highest BCUT2D eigenvalue weighted by molar-refractivity contribution is 7.22. The zero-order valence-electron chi connectivity index (χ0n) is 15.9. The molecule has 3 aromatic rings. The number of ether oxygens (including phenoxy) is 2. The average Bonchev–Trinajstić information content (AvgIpc) is 3.31. The van der Waals surface area contributed by atoms with Crippen LogP contribution in [0.5, 0.6) is 5.75 Å². The highest BCUT2D eigenvalue weighted by atomic mass is 32.1. The van der Waals surface area contributed by atoms with Gasteiger partial charge in [-0.05, 0) is 49.9 Å². The molecule has 0 saturated heterocycles. The van der Waals surface area contributed by atoms with Gasteiger partial charge in [0.2, 0.25) is 0 Å². The van der Waals surface area contributed by atoms with Crippen LogP contribution in [0.4, 0.5) is 5.69 Å². The first-order chi connectivity index (χ1) is 13.4. The van der Waals surface area contributed by atoms with Crippen molar-refractivity contribution in [3.8, 4) is 15.6 Å². The Bertz CT molecular complexity index is 996. The molecule has 2 heterocycles. The van der Waals surface area contributed by atoms with Gasteiger partial charge in [0, 0.05) is 0 Å². The third-order valence-corrected chi connectivity index (χ3v) is 6.16. The van der Waals surface area contributed by atoms with E-state index in [0.29, 0.717) is 22.0 Å². The Morgan fingerprint density at radius 1 is 1.21 bits per heavy atom. The van der Waals surface area contributed by atoms with E-state index >= 15 is 0 Å². The molecule has 1 N–H and O–H groups in total. The van der Waals surface area contributed by atoms with Gasteiger partial charge in [-0.1, -0.05) is 12.1 Å². The van der Waals surface area contributed by atoms with E-state index < -0.39 is 18.0 Å². The highest BCUT2D eigenvalue weighted by Gasteiger charge is 2.24. The van der Waals surface area contributed by atoms with Crippen LogP contribution in [0, 0.1) is 13.8 Å². The summed E-state index contributed by atoms with van der Waals surface area (Å²) in [7, 11) is 1.53. The summed E-state index contributed by atoms with van der Waals surface area (Å²) in [4.78, 5) is 30.8. The van der Waals surface area contributed by atoms with Gasteiger partial charge in [-0.2, -0.15) is 0 Å². The number of methoxy groups -OCH3 is 1. The van der Waals surface area contributed by atoms with Crippen molar-refractivity contribution in [3.63, 3.8) is 0 Å². The normalized spacial score (nSPS) is 11.7. The number of nitrogens with zero attached hydrogens (tertiary/aromatic N) is 1. The predicted molar refractivity (Wildman–Crippen MR) is 111 cm³/mol. The molecule has 1 aromatic carbocycles. The Kier molecular flexibility index (Phi) is 6.11. The summed E-state index contributed by atoms with van der Waals surface area (Å²) in [6, 6.07) is 9.33. The summed E-state index contributed by atoms with van der Waals surface area (Å²) in [6.07, 6.45) is -0.968. The summed E-state index contributed by atoms with van der Waals surface area (Å²) in [5.41, 5.74) is 2.10. The van der Waals surface area contributed by atoms with Gasteiger partial charge in [-0.15, -0.1) is 22.7 Å². The lowest BCUT2D eigenvalue weighted by Gasteiger charge is -2.15. The fourth-order valence-electron chi connectivity index (χ4n) is 2.51. The molecule has 0 aliphatic carbocycles. The molecule has 3 rings (SSSR count). The zero-order valence-corrected chi connectivity index (χ0v) is 17.6. The minimum absolute atomic E-state index is 0.399. The summed E-state index contributed by atoms with van der Waals surface area (Å²) in [6.45, 7) is 5.20. The van der Waals surface area contributed by atoms with Crippen molar-refractivity contribution in [3.05, 3.63) is 51.8 Å². The van der Waals surface area contributed by atoms with Gasteiger partial charge in [0.25, 0.3) is 5.91 Å². The summed E-state index contributed by atoms with van der Waals surface area (Å²) in [5, 5.41) is 5.47. The quantitative estimate of drug-likeness (QED) is 0.590. The number of hydrogen-bond donors (Lipinski definition) is 1. The second kappa shape index (κ2) is 8.53. The molecule has 0 spiro atoms. The minimum Gasteiger partial charge on any atom is -0.495 e. The average molecular weight is 417 g/mol. The van der Waals surface area contributed by atoms with Gasteiger partial charge in [-0.25, -0.2) is 9.78 Å². The molecule has 0 fully saturated rings. The SMILES string of the molecule is COc1ccc(C)cc1NC(=O)C(C)OC(=O)c1sc(-c2cccs2)nc1C. The van der Waals surface area contributed by atoms with Crippen LogP contribution in [0.3, 0.4) is 0 Å². The molecule has 0 radical (unpaired) electrons. The number of aryl methyl sites for hydroxylation is 2. The molecule has 28 heavy (non-hydrogen) atoms. The molecule has 2 aromatic heterocycles. The first kappa shape index (κ1) is 20.0. The Hall–Kier alpha value is -2.71. The number of thiophene rings is 1. The van der Waals surface area contributed by atoms with Crippen LogP contribution in [0.1, 0.15) is 27.9 Å². The fourth-order valence-corrected chi connectivity index (χ4v) is 4.26. The van der Waals surface area contributed by atoms with E-state index in [4.69, 9.17) is 9.47 Å². The Morgan fingerprint density at radius 2 is 2.00 bits per heavy atom. The number of nitrogens with one attached hydrogen (secondary N) is 1. The van der Waals surface area contributed by atoms with E-state index in [1.54, 1.807) is 30.4 Å². The van der Waals surface area contributed by atoms with Gasteiger partial charge in [0.1, 0.15) is 15.6 Å². The fraction of sp³-hybridized carbons (Fsp3) is 0.250. The lowest BCUT2D eigenvalue weighted by Crippen LogP contribution is -2.30. The van der Waals surface area contributed by atoms with E-state index in [0.717, 1.165) is 15.4 Å². The third-order valence-electron chi connectivity index (χ3n) is 3.98. The molecule has 0 bridgehead atoms. The summed E-state index contributed by atoms with van der Waals surface area (Å²) < 4.78 is 10.6. The van der Waals surface area contributed by atoms with Crippen LogP contribution in [-0.2, 0) is 9.53 Å². The van der Waals surface area contributed by atoms with Crippen molar-refractivity contribution in [2.24, 2.45) is 0 Å². The first-order valence-electron chi connectivity index (χ1n) is 8.57. The highest BCUT2D eigenvalue weighted by Crippen LogP contribution is 2.31. The molecule has 146 valence electrons. The maximum atomic E-state index is 12.5. The van der Waals surface area contributed by atoms with Crippen molar-refractivity contribution in [1.29, 1.82) is 0 Å². The molecule has 1 unspecified atom stereocenters. The van der Waals surface area contributed by atoms with Gasteiger partial charge in [0.15, 0.2) is 6.10 Å². The number of carbonyl (C=O) groups excluding carboxylic acids is 2. The van der Waals surface area contributed by atoms with Crippen LogP contribution in [-0.4, -0.2) is 30.1 Å². The molecule has 8 heteroatoms. The van der Waals surface area contributed by atoms with E-state index in [9.17, 15) is 9.59 Å². The second-order valence-electron chi connectivity index (χ2n) is 6.15. The van der Waals surface area contributed by atoms with Crippen LogP contribution >= 0.6 is 22.7 Å². The molecule has 1 amide bonds. The first-order valence-corrected chi connectivity index (χ1v) is 10.3. The van der Waals surface area contributed by atoms with Gasteiger partial charge in [0.05, 0.1) is 23.4 Å². The van der Waals surface area contributed by atoms with Crippen molar-refractivity contribution < 1.29 is 19.1 Å². The number of hydrogen-bond acceptors (Lipinski definition) is 7. The second-order valence-corrected chi connectivity index (χ2v) is 8.10. The number of rotatable bonds is 6. The maximum absolute atomic E-state index is 12.5. The monoisotopic (exact) mass is 416 g/mol. The van der Waals surface area contributed by atoms with Gasteiger partial charge in [-0.3, -0.25) is 4.79 Å². The molecule has 0 saturated carbocycles. The van der Waals surface area contributed by atoms with Gasteiger partial charge < -0.3 is 14.8 Å². The molecule has 1 atom stereocenters. The number of amides is 1. The van der Waals surface area contributed by atoms with Crippen LogP contribution in [0.2, 0.25) is 0 Å². The van der Waals surface area contributed by atoms with Crippen molar-refractivity contribution in [1.82, 2.24) is 4.98 Å². The maximum Gasteiger partial charge on any atom is 0.351 e.